The van der Waals surface area contributed by atoms with Crippen LogP contribution in [0.5, 0.6) is 0 Å². The van der Waals surface area contributed by atoms with E-state index in [1.165, 1.54) is 0 Å². The molecule has 2 aromatic carbocycles. The number of rotatable bonds is 6. The van der Waals surface area contributed by atoms with Gasteiger partial charge < -0.3 is 9.68 Å². The fourth-order valence-corrected chi connectivity index (χ4v) is 3.79. The van der Waals surface area contributed by atoms with Crippen molar-refractivity contribution in [3.05, 3.63) is 120 Å². The van der Waals surface area contributed by atoms with Gasteiger partial charge in [-0.15, -0.1) is 0 Å². The normalized spacial score (nSPS) is 14.9. The molecule has 0 fully saturated rings. The molecule has 1 aliphatic carbocycles. The third kappa shape index (κ3) is 4.80. The van der Waals surface area contributed by atoms with Crippen LogP contribution in [0.2, 0.25) is 0 Å². The Labute approximate surface area is 192 Å². The van der Waals surface area contributed by atoms with Gasteiger partial charge in [-0.05, 0) is 23.3 Å². The van der Waals surface area contributed by atoms with Gasteiger partial charge in [-0.3, -0.25) is 9.97 Å². The van der Waals surface area contributed by atoms with E-state index in [-0.39, 0.29) is 0 Å². The van der Waals surface area contributed by atoms with Crippen LogP contribution < -0.4 is 0 Å². The number of nitrogens with zero attached hydrogens (tertiary/aromatic N) is 4. The van der Waals surface area contributed by atoms with Gasteiger partial charge in [0, 0.05) is 53.5 Å². The van der Waals surface area contributed by atoms with Gasteiger partial charge in [0.15, 0.2) is 0 Å². The number of hydrogen-bond acceptors (Lipinski definition) is 6. The minimum Gasteiger partial charge on any atom is -0.391 e. The number of benzene rings is 2. The van der Waals surface area contributed by atoms with Gasteiger partial charge in [-0.2, -0.15) is 0 Å². The summed E-state index contributed by atoms with van der Waals surface area (Å²) in [5.41, 5.74) is 7.75. The van der Waals surface area contributed by atoms with Crippen molar-refractivity contribution in [3.8, 4) is 11.1 Å². The van der Waals surface area contributed by atoms with Crippen molar-refractivity contribution in [1.82, 2.24) is 9.97 Å². The Morgan fingerprint density at radius 3 is 1.45 bits per heavy atom. The van der Waals surface area contributed by atoms with Crippen molar-refractivity contribution in [3.63, 3.8) is 0 Å². The first-order chi connectivity index (χ1) is 16.4. The summed E-state index contributed by atoms with van der Waals surface area (Å²) >= 11 is 0. The molecule has 0 atom stereocenters. The van der Waals surface area contributed by atoms with Crippen LogP contribution in [0, 0.1) is 0 Å². The predicted octanol–water partition coefficient (Wildman–Crippen LogP) is 5.39. The van der Waals surface area contributed by atoms with E-state index >= 15 is 0 Å². The summed E-state index contributed by atoms with van der Waals surface area (Å²) in [6.45, 7) is 0.687. The van der Waals surface area contributed by atoms with E-state index < -0.39 is 0 Å². The lowest BCUT2D eigenvalue weighted by molar-refractivity contribution is 0.128. The monoisotopic (exact) mass is 434 g/mol. The minimum atomic E-state index is 0.344. The molecule has 0 aliphatic heterocycles. The maximum atomic E-state index is 5.74. The topological polar surface area (TPSA) is 69.0 Å². The van der Waals surface area contributed by atoms with Crippen LogP contribution in [0.4, 0.5) is 0 Å². The molecule has 0 unspecified atom stereocenters. The first-order valence-electron chi connectivity index (χ1n) is 10.7. The first kappa shape index (κ1) is 20.6. The van der Waals surface area contributed by atoms with Crippen molar-refractivity contribution in [2.45, 2.75) is 19.6 Å². The molecule has 162 valence electrons. The molecule has 0 saturated carbocycles. The molecule has 1 aliphatic rings. The molecule has 2 aromatic heterocycles. The van der Waals surface area contributed by atoms with Crippen molar-refractivity contribution in [1.29, 1.82) is 0 Å². The Balaban J connectivity index is 1.48. The summed E-state index contributed by atoms with van der Waals surface area (Å²) < 4.78 is 0. The van der Waals surface area contributed by atoms with E-state index in [0.717, 1.165) is 44.8 Å². The summed E-state index contributed by atoms with van der Waals surface area (Å²) in [4.78, 5) is 19.7. The molecule has 0 N–H and O–H groups in total. The van der Waals surface area contributed by atoms with Gasteiger partial charge in [0.1, 0.15) is 13.2 Å². The second-order valence-corrected chi connectivity index (χ2v) is 7.61. The zero-order chi connectivity index (χ0) is 22.3. The lowest BCUT2D eigenvalue weighted by atomic mass is 9.96. The summed E-state index contributed by atoms with van der Waals surface area (Å²) in [6.07, 6.45) is 7.51. The van der Waals surface area contributed by atoms with Crippen molar-refractivity contribution in [2.24, 2.45) is 10.3 Å². The molecular formula is C27H22N4O2. The molecule has 0 saturated heterocycles. The fourth-order valence-electron chi connectivity index (χ4n) is 3.79. The Bertz CT molecular complexity index is 1190. The second kappa shape index (κ2) is 9.87. The SMILES string of the molecule is c1cncc(CON=C2CC(=NOCc3cccnc3)c3ccccc3-c3ccccc32)c1. The number of pyridine rings is 2. The standard InChI is InChI=1S/C27H22N4O2/c1-3-11-24-22(9-1)23-10-2-4-12-25(23)27(31-33-19-21-8-6-14-29-17-21)15-26(24)30-32-18-20-7-5-13-28-16-20/h1-14,16-17H,15,18-19H2. The van der Waals surface area contributed by atoms with Crippen molar-refractivity contribution < 1.29 is 9.68 Å². The average Bonchev–Trinajstić information content (AvgIpc) is 3.01. The Morgan fingerprint density at radius 1 is 0.576 bits per heavy atom. The minimum absolute atomic E-state index is 0.344. The van der Waals surface area contributed by atoms with Crippen LogP contribution in [0.15, 0.2) is 108 Å². The van der Waals surface area contributed by atoms with Crippen molar-refractivity contribution in [2.75, 3.05) is 0 Å². The van der Waals surface area contributed by atoms with E-state index in [9.17, 15) is 0 Å². The zero-order valence-electron chi connectivity index (χ0n) is 18.0. The van der Waals surface area contributed by atoms with E-state index in [4.69, 9.17) is 9.68 Å². The van der Waals surface area contributed by atoms with Crippen molar-refractivity contribution >= 4 is 11.4 Å². The lowest BCUT2D eigenvalue weighted by Gasteiger charge is -2.09. The van der Waals surface area contributed by atoms with Crippen LogP contribution in [0.1, 0.15) is 28.7 Å². The molecule has 6 heteroatoms. The molecule has 5 rings (SSSR count). The summed E-state index contributed by atoms with van der Waals surface area (Å²) in [5.74, 6) is 0. The summed E-state index contributed by atoms with van der Waals surface area (Å²) in [7, 11) is 0. The zero-order valence-corrected chi connectivity index (χ0v) is 18.0. The third-order valence-corrected chi connectivity index (χ3v) is 5.36. The molecule has 33 heavy (non-hydrogen) atoms. The van der Waals surface area contributed by atoms with Crippen LogP contribution in [-0.2, 0) is 22.9 Å². The Kier molecular flexibility index (Phi) is 6.15. The molecule has 0 bridgehead atoms. The lowest BCUT2D eigenvalue weighted by Crippen LogP contribution is -2.10. The highest BCUT2D eigenvalue weighted by molar-refractivity contribution is 6.24. The van der Waals surface area contributed by atoms with E-state index in [1.54, 1.807) is 24.8 Å². The smallest absolute Gasteiger partial charge is 0.143 e. The predicted molar refractivity (Wildman–Crippen MR) is 128 cm³/mol. The van der Waals surface area contributed by atoms with Gasteiger partial charge in [0.25, 0.3) is 0 Å². The quantitative estimate of drug-likeness (QED) is 0.382. The summed E-state index contributed by atoms with van der Waals surface area (Å²) in [5, 5.41) is 9.04. The molecule has 2 heterocycles. The van der Waals surface area contributed by atoms with E-state index in [2.05, 4.69) is 44.5 Å². The highest BCUT2D eigenvalue weighted by Gasteiger charge is 2.23. The Hall–Kier alpha value is -4.32. The molecule has 0 amide bonds. The van der Waals surface area contributed by atoms with Gasteiger partial charge in [-0.1, -0.05) is 71.0 Å². The summed E-state index contributed by atoms with van der Waals surface area (Å²) in [6, 6.07) is 24.1. The number of oxime groups is 2. The first-order valence-corrected chi connectivity index (χ1v) is 10.7. The molecule has 4 aromatic rings. The van der Waals surface area contributed by atoms with Gasteiger partial charge >= 0.3 is 0 Å². The van der Waals surface area contributed by atoms with Gasteiger partial charge in [0.05, 0.1) is 11.4 Å². The maximum Gasteiger partial charge on any atom is 0.143 e. The number of fused-ring (bicyclic) bond motifs is 3. The molecule has 0 spiro atoms. The number of hydrogen-bond donors (Lipinski definition) is 0. The van der Waals surface area contributed by atoms with Crippen LogP contribution in [-0.4, -0.2) is 21.4 Å². The fraction of sp³-hybridized carbons (Fsp3) is 0.111. The molecular weight excluding hydrogens is 412 g/mol. The van der Waals surface area contributed by atoms with Crippen LogP contribution in [0.3, 0.4) is 0 Å². The highest BCUT2D eigenvalue weighted by Crippen LogP contribution is 2.33. The Morgan fingerprint density at radius 2 is 1.03 bits per heavy atom. The second-order valence-electron chi connectivity index (χ2n) is 7.61. The largest absolute Gasteiger partial charge is 0.391 e. The average molecular weight is 434 g/mol. The van der Waals surface area contributed by atoms with Crippen LogP contribution >= 0.6 is 0 Å². The van der Waals surface area contributed by atoms with E-state index in [0.29, 0.717) is 19.6 Å². The highest BCUT2D eigenvalue weighted by atomic mass is 16.6. The van der Waals surface area contributed by atoms with E-state index in [1.807, 2.05) is 48.5 Å². The number of aromatic nitrogens is 2. The van der Waals surface area contributed by atoms with Gasteiger partial charge in [0.2, 0.25) is 0 Å². The third-order valence-electron chi connectivity index (χ3n) is 5.36. The van der Waals surface area contributed by atoms with Crippen LogP contribution in [0.25, 0.3) is 11.1 Å². The van der Waals surface area contributed by atoms with Gasteiger partial charge in [-0.25, -0.2) is 0 Å². The molecule has 0 radical (unpaired) electrons. The molecule has 6 nitrogen and oxygen atoms in total. The maximum absolute atomic E-state index is 5.74.